The molecule has 1 aromatic carbocycles. The fourth-order valence-electron chi connectivity index (χ4n) is 2.23. The van der Waals surface area contributed by atoms with Crippen LogP contribution in [-0.4, -0.2) is 28.3 Å². The number of aliphatic hydroxyl groups is 1. The second-order valence-corrected chi connectivity index (χ2v) is 6.26. The highest BCUT2D eigenvalue weighted by Crippen LogP contribution is 2.40. The van der Waals surface area contributed by atoms with Gasteiger partial charge in [-0.15, -0.1) is 0 Å². The van der Waals surface area contributed by atoms with Crippen molar-refractivity contribution in [2.75, 3.05) is 11.5 Å². The van der Waals surface area contributed by atoms with Crippen molar-refractivity contribution in [1.29, 1.82) is 0 Å². The molecule has 1 aliphatic carbocycles. The smallest absolute Gasteiger partial charge is 0.123 e. The van der Waals surface area contributed by atoms with Crippen LogP contribution in [0.3, 0.4) is 0 Å². The van der Waals surface area contributed by atoms with E-state index in [1.54, 1.807) is 0 Å². The van der Waals surface area contributed by atoms with Gasteiger partial charge in [0, 0.05) is 12.2 Å². The predicted octanol–water partition coefficient (Wildman–Crippen LogP) is 2.64. The SMILES string of the molecule is OC1(Cc2ccccc2OC2CCSC2)CC1. The summed E-state index contributed by atoms with van der Waals surface area (Å²) in [7, 11) is 0. The Kier molecular flexibility index (Phi) is 3.05. The molecule has 92 valence electrons. The van der Waals surface area contributed by atoms with E-state index in [-0.39, 0.29) is 0 Å². The largest absolute Gasteiger partial charge is 0.489 e. The van der Waals surface area contributed by atoms with Crippen molar-refractivity contribution in [3.63, 3.8) is 0 Å². The minimum Gasteiger partial charge on any atom is -0.489 e. The minimum atomic E-state index is -0.441. The van der Waals surface area contributed by atoms with Crippen LogP contribution in [0.5, 0.6) is 5.75 Å². The maximum atomic E-state index is 10.0. The van der Waals surface area contributed by atoms with Gasteiger partial charge in [0.1, 0.15) is 11.9 Å². The normalized spacial score (nSPS) is 25.8. The Bertz CT molecular complexity index is 395. The first-order valence-electron chi connectivity index (χ1n) is 6.30. The number of ether oxygens (including phenoxy) is 1. The Labute approximate surface area is 106 Å². The summed E-state index contributed by atoms with van der Waals surface area (Å²) in [6, 6.07) is 8.15. The second kappa shape index (κ2) is 4.54. The first-order valence-corrected chi connectivity index (χ1v) is 7.45. The van der Waals surface area contributed by atoms with Crippen molar-refractivity contribution in [3.05, 3.63) is 29.8 Å². The molecular formula is C14H18O2S. The van der Waals surface area contributed by atoms with Crippen LogP contribution in [0.4, 0.5) is 0 Å². The Balaban J connectivity index is 1.73. The summed E-state index contributed by atoms with van der Waals surface area (Å²) in [4.78, 5) is 0. The number of rotatable bonds is 4. The number of hydrogen-bond acceptors (Lipinski definition) is 3. The number of benzene rings is 1. The molecule has 1 heterocycles. The Hall–Kier alpha value is -0.670. The van der Waals surface area contributed by atoms with Gasteiger partial charge < -0.3 is 9.84 Å². The second-order valence-electron chi connectivity index (χ2n) is 5.11. The van der Waals surface area contributed by atoms with Crippen molar-refractivity contribution in [3.8, 4) is 5.75 Å². The fourth-order valence-corrected chi connectivity index (χ4v) is 3.32. The van der Waals surface area contributed by atoms with Crippen LogP contribution in [0.25, 0.3) is 0 Å². The molecule has 0 radical (unpaired) electrons. The molecule has 2 aliphatic rings. The van der Waals surface area contributed by atoms with Gasteiger partial charge in [-0.05, 0) is 36.6 Å². The lowest BCUT2D eigenvalue weighted by Crippen LogP contribution is -2.17. The van der Waals surface area contributed by atoms with E-state index < -0.39 is 5.60 Å². The predicted molar refractivity (Wildman–Crippen MR) is 70.7 cm³/mol. The highest BCUT2D eigenvalue weighted by molar-refractivity contribution is 7.99. The number of para-hydroxylation sites is 1. The maximum absolute atomic E-state index is 10.0. The molecule has 2 nitrogen and oxygen atoms in total. The molecule has 2 fully saturated rings. The summed E-state index contributed by atoms with van der Waals surface area (Å²) in [6.45, 7) is 0. The first-order chi connectivity index (χ1) is 8.25. The van der Waals surface area contributed by atoms with E-state index in [0.717, 1.165) is 42.7 Å². The van der Waals surface area contributed by atoms with Crippen LogP contribution in [0.1, 0.15) is 24.8 Å². The molecule has 1 N–H and O–H groups in total. The van der Waals surface area contributed by atoms with Crippen LogP contribution >= 0.6 is 11.8 Å². The Morgan fingerprint density at radius 3 is 2.88 bits per heavy atom. The van der Waals surface area contributed by atoms with Crippen LogP contribution < -0.4 is 4.74 Å². The van der Waals surface area contributed by atoms with Crippen LogP contribution in [0.2, 0.25) is 0 Å². The highest BCUT2D eigenvalue weighted by Gasteiger charge is 2.40. The van der Waals surface area contributed by atoms with E-state index in [4.69, 9.17) is 4.74 Å². The topological polar surface area (TPSA) is 29.5 Å². The van der Waals surface area contributed by atoms with Gasteiger partial charge in [0.2, 0.25) is 0 Å². The molecule has 1 aromatic rings. The van der Waals surface area contributed by atoms with Gasteiger partial charge in [-0.1, -0.05) is 18.2 Å². The van der Waals surface area contributed by atoms with E-state index in [2.05, 4.69) is 6.07 Å². The van der Waals surface area contributed by atoms with Crippen LogP contribution in [0, 0.1) is 0 Å². The molecule has 1 saturated heterocycles. The van der Waals surface area contributed by atoms with Crippen molar-refractivity contribution in [1.82, 2.24) is 0 Å². The van der Waals surface area contributed by atoms with Gasteiger partial charge >= 0.3 is 0 Å². The first kappa shape index (κ1) is 11.4. The van der Waals surface area contributed by atoms with Gasteiger partial charge in [0.05, 0.1) is 5.60 Å². The van der Waals surface area contributed by atoms with Gasteiger partial charge in [0.15, 0.2) is 0 Å². The number of thioether (sulfide) groups is 1. The van der Waals surface area contributed by atoms with Crippen molar-refractivity contribution in [2.24, 2.45) is 0 Å². The van der Waals surface area contributed by atoms with Gasteiger partial charge in [-0.25, -0.2) is 0 Å². The molecule has 3 heteroatoms. The molecule has 17 heavy (non-hydrogen) atoms. The van der Waals surface area contributed by atoms with E-state index in [0.29, 0.717) is 6.10 Å². The standard InChI is InChI=1S/C14H18O2S/c15-14(6-7-14)9-11-3-1-2-4-13(11)16-12-5-8-17-10-12/h1-4,12,15H,5-10H2. The van der Waals surface area contributed by atoms with Gasteiger partial charge in [-0.3, -0.25) is 0 Å². The molecule has 1 atom stereocenters. The van der Waals surface area contributed by atoms with E-state index in [1.807, 2.05) is 30.0 Å². The third-order valence-electron chi connectivity index (χ3n) is 3.50. The lowest BCUT2D eigenvalue weighted by molar-refractivity contribution is 0.148. The average molecular weight is 250 g/mol. The maximum Gasteiger partial charge on any atom is 0.123 e. The summed E-state index contributed by atoms with van der Waals surface area (Å²) in [5, 5.41) is 10.0. The monoisotopic (exact) mass is 250 g/mol. The molecule has 1 aliphatic heterocycles. The van der Waals surface area contributed by atoms with Crippen molar-refractivity contribution < 1.29 is 9.84 Å². The zero-order valence-electron chi connectivity index (χ0n) is 9.89. The van der Waals surface area contributed by atoms with Crippen LogP contribution in [-0.2, 0) is 6.42 Å². The summed E-state index contributed by atoms with van der Waals surface area (Å²) in [5.41, 5.74) is 0.716. The zero-order chi connectivity index (χ0) is 11.7. The fraction of sp³-hybridized carbons (Fsp3) is 0.571. The average Bonchev–Trinajstić information content (AvgIpc) is 2.85. The summed E-state index contributed by atoms with van der Waals surface area (Å²) >= 11 is 1.96. The lowest BCUT2D eigenvalue weighted by atomic mass is 10.1. The third-order valence-corrected chi connectivity index (χ3v) is 4.63. The summed E-state index contributed by atoms with van der Waals surface area (Å²) < 4.78 is 6.05. The molecular weight excluding hydrogens is 232 g/mol. The molecule has 0 amide bonds. The zero-order valence-corrected chi connectivity index (χ0v) is 10.7. The minimum absolute atomic E-state index is 0.356. The molecule has 3 rings (SSSR count). The Morgan fingerprint density at radius 1 is 1.35 bits per heavy atom. The quantitative estimate of drug-likeness (QED) is 0.891. The molecule has 0 aromatic heterocycles. The highest BCUT2D eigenvalue weighted by atomic mass is 32.2. The molecule has 0 bridgehead atoms. The van der Waals surface area contributed by atoms with E-state index in [9.17, 15) is 5.11 Å². The molecule has 1 unspecified atom stereocenters. The molecule has 1 saturated carbocycles. The summed E-state index contributed by atoms with van der Waals surface area (Å²) in [5.74, 6) is 3.27. The summed E-state index contributed by atoms with van der Waals surface area (Å²) in [6.07, 6.45) is 4.10. The third kappa shape index (κ3) is 2.78. The lowest BCUT2D eigenvalue weighted by Gasteiger charge is -2.17. The van der Waals surface area contributed by atoms with Gasteiger partial charge in [-0.2, -0.15) is 11.8 Å². The Morgan fingerprint density at radius 2 is 2.18 bits per heavy atom. The number of hydrogen-bond donors (Lipinski definition) is 1. The van der Waals surface area contributed by atoms with E-state index in [1.165, 1.54) is 5.75 Å². The van der Waals surface area contributed by atoms with Crippen LogP contribution in [0.15, 0.2) is 24.3 Å². The molecule has 0 spiro atoms. The van der Waals surface area contributed by atoms with Crippen molar-refractivity contribution in [2.45, 2.75) is 37.4 Å². The van der Waals surface area contributed by atoms with E-state index >= 15 is 0 Å². The van der Waals surface area contributed by atoms with Crippen molar-refractivity contribution >= 4 is 11.8 Å². The van der Waals surface area contributed by atoms with Gasteiger partial charge in [0.25, 0.3) is 0 Å².